The van der Waals surface area contributed by atoms with E-state index in [9.17, 15) is 14.3 Å². The summed E-state index contributed by atoms with van der Waals surface area (Å²) >= 11 is 0. The molecular formula is C41H80NO7P. The number of ether oxygens (including phenoxy) is 2. The molecule has 0 saturated heterocycles. The highest BCUT2D eigenvalue weighted by atomic mass is 31.2. The molecule has 0 amide bonds. The third-order valence-corrected chi connectivity index (χ3v) is 9.87. The summed E-state index contributed by atoms with van der Waals surface area (Å²) in [7, 11) is -4.28. The lowest BCUT2D eigenvalue weighted by molar-refractivity contribution is -0.154. The van der Waals surface area contributed by atoms with Crippen molar-refractivity contribution < 1.29 is 32.8 Å². The zero-order chi connectivity index (χ0) is 36.6. The maximum Gasteiger partial charge on any atom is 0.472 e. The van der Waals surface area contributed by atoms with Crippen LogP contribution in [-0.2, 0) is 27.9 Å². The normalized spacial score (nSPS) is 13.8. The van der Waals surface area contributed by atoms with Crippen LogP contribution < -0.4 is 5.73 Å². The Kier molecular flexibility index (Phi) is 38.4. The Balaban J connectivity index is 4.10. The summed E-state index contributed by atoms with van der Waals surface area (Å²) in [6, 6.07) is 0. The minimum absolute atomic E-state index is 0.0946. The highest BCUT2D eigenvalue weighted by molar-refractivity contribution is 7.47. The Bertz CT molecular complexity index is 823. The van der Waals surface area contributed by atoms with E-state index >= 15 is 0 Å². The Morgan fingerprint density at radius 3 is 1.56 bits per heavy atom. The third-order valence-electron chi connectivity index (χ3n) is 8.88. The fraction of sp³-hybridized carbons (Fsp3) is 0.878. The minimum Gasteiger partial charge on any atom is -0.457 e. The van der Waals surface area contributed by atoms with Crippen molar-refractivity contribution in [3.05, 3.63) is 24.3 Å². The SMILES string of the molecule is CCCCCCCCCCC=CCC=CCCC(=O)OC(COCCCCCCCCCCCCCCCCCC)COP(=O)(O)OCCN. The second kappa shape index (κ2) is 39.2. The second-order valence-corrected chi connectivity index (χ2v) is 15.3. The number of rotatable bonds is 40. The van der Waals surface area contributed by atoms with E-state index in [0.717, 1.165) is 25.7 Å². The standard InChI is InChI=1S/C41H80NO7P/c1-3-5-7-9-11-13-15-17-19-21-23-25-27-29-31-33-36-46-38-40(39-48-50(44,45)47-37-35-42)49-41(43)34-32-30-28-26-24-22-20-18-16-14-12-10-8-6-4-2/h22,24,28,30,40H,3-21,23,25-27,29,31-39,42H2,1-2H3,(H,44,45). The average molecular weight is 730 g/mol. The number of unbranched alkanes of at least 4 members (excludes halogenated alkanes) is 23. The van der Waals surface area contributed by atoms with Gasteiger partial charge in [0.2, 0.25) is 0 Å². The molecule has 8 nitrogen and oxygen atoms in total. The van der Waals surface area contributed by atoms with E-state index in [1.54, 1.807) is 0 Å². The molecule has 9 heteroatoms. The molecule has 0 rings (SSSR count). The number of allylic oxidation sites excluding steroid dienone is 4. The molecule has 296 valence electrons. The van der Waals surface area contributed by atoms with E-state index in [-0.39, 0.29) is 32.8 Å². The molecule has 0 aliphatic rings. The molecule has 0 aromatic carbocycles. The minimum atomic E-state index is -4.28. The van der Waals surface area contributed by atoms with Crippen LogP contribution in [0.5, 0.6) is 0 Å². The topological polar surface area (TPSA) is 117 Å². The molecule has 0 heterocycles. The summed E-state index contributed by atoms with van der Waals surface area (Å²) < 4.78 is 33.3. The van der Waals surface area contributed by atoms with Crippen LogP contribution in [0.15, 0.2) is 24.3 Å². The first kappa shape index (κ1) is 49.0. The van der Waals surface area contributed by atoms with E-state index in [1.165, 1.54) is 141 Å². The summed E-state index contributed by atoms with van der Waals surface area (Å²) in [6.45, 7) is 4.87. The van der Waals surface area contributed by atoms with Gasteiger partial charge in [0.25, 0.3) is 0 Å². The van der Waals surface area contributed by atoms with Gasteiger partial charge in [-0.2, -0.15) is 0 Å². The zero-order valence-electron chi connectivity index (χ0n) is 32.6. The van der Waals surface area contributed by atoms with Gasteiger partial charge in [-0.05, 0) is 32.1 Å². The van der Waals surface area contributed by atoms with Gasteiger partial charge < -0.3 is 20.1 Å². The number of phosphoric acid groups is 1. The largest absolute Gasteiger partial charge is 0.472 e. The molecular weight excluding hydrogens is 649 g/mol. The lowest BCUT2D eigenvalue weighted by atomic mass is 10.0. The van der Waals surface area contributed by atoms with Gasteiger partial charge in [0.15, 0.2) is 0 Å². The smallest absolute Gasteiger partial charge is 0.457 e. The lowest BCUT2D eigenvalue weighted by Gasteiger charge is -2.20. The van der Waals surface area contributed by atoms with Crippen molar-refractivity contribution in [2.24, 2.45) is 5.73 Å². The molecule has 0 bridgehead atoms. The summed E-state index contributed by atoms with van der Waals surface area (Å²) in [5.41, 5.74) is 5.36. The first-order chi connectivity index (χ1) is 24.4. The predicted octanol–water partition coefficient (Wildman–Crippen LogP) is 12.1. The molecule has 0 aromatic rings. The van der Waals surface area contributed by atoms with Crippen molar-refractivity contribution in [3.8, 4) is 0 Å². The Morgan fingerprint density at radius 1 is 0.600 bits per heavy atom. The van der Waals surface area contributed by atoms with Crippen molar-refractivity contribution in [3.63, 3.8) is 0 Å². The molecule has 2 atom stereocenters. The maximum absolute atomic E-state index is 12.5. The summed E-state index contributed by atoms with van der Waals surface area (Å²) in [5, 5.41) is 0. The van der Waals surface area contributed by atoms with Gasteiger partial charge in [0, 0.05) is 19.6 Å². The van der Waals surface area contributed by atoms with E-state index in [1.807, 2.05) is 6.08 Å². The number of phosphoric ester groups is 1. The number of esters is 1. The number of hydrogen-bond acceptors (Lipinski definition) is 7. The van der Waals surface area contributed by atoms with E-state index in [4.69, 9.17) is 24.3 Å². The first-order valence-electron chi connectivity index (χ1n) is 20.8. The summed E-state index contributed by atoms with van der Waals surface area (Å²) in [6.07, 6.45) is 42.1. The fourth-order valence-corrected chi connectivity index (χ4v) is 6.58. The van der Waals surface area contributed by atoms with Crippen LogP contribution in [0.2, 0.25) is 0 Å². The highest BCUT2D eigenvalue weighted by Gasteiger charge is 2.25. The summed E-state index contributed by atoms with van der Waals surface area (Å²) in [5.74, 6) is -0.393. The van der Waals surface area contributed by atoms with Crippen molar-refractivity contribution in [1.29, 1.82) is 0 Å². The molecule has 0 spiro atoms. The van der Waals surface area contributed by atoms with Gasteiger partial charge in [0.1, 0.15) is 6.10 Å². The molecule has 0 radical (unpaired) electrons. The second-order valence-electron chi connectivity index (χ2n) is 13.9. The van der Waals surface area contributed by atoms with Crippen molar-refractivity contribution in [2.75, 3.05) is 33.0 Å². The van der Waals surface area contributed by atoms with Gasteiger partial charge in [-0.15, -0.1) is 0 Å². The average Bonchev–Trinajstić information content (AvgIpc) is 3.10. The molecule has 3 N–H and O–H groups in total. The molecule has 0 fully saturated rings. The van der Waals surface area contributed by atoms with Crippen molar-refractivity contribution in [2.45, 2.75) is 200 Å². The van der Waals surface area contributed by atoms with Crippen molar-refractivity contribution in [1.82, 2.24) is 0 Å². The number of carbonyl (C=O) groups is 1. The van der Waals surface area contributed by atoms with Crippen molar-refractivity contribution >= 4 is 13.8 Å². The van der Waals surface area contributed by atoms with Crippen LogP contribution in [0, 0.1) is 0 Å². The molecule has 0 aliphatic carbocycles. The van der Waals surface area contributed by atoms with E-state index in [0.29, 0.717) is 13.0 Å². The van der Waals surface area contributed by atoms with Crippen LogP contribution in [0.4, 0.5) is 0 Å². The van der Waals surface area contributed by atoms with Crippen LogP contribution in [0.25, 0.3) is 0 Å². The first-order valence-corrected chi connectivity index (χ1v) is 22.3. The molecule has 2 unspecified atom stereocenters. The number of nitrogens with two attached hydrogens (primary N) is 1. The number of hydrogen-bond donors (Lipinski definition) is 2. The lowest BCUT2D eigenvalue weighted by Crippen LogP contribution is -2.28. The van der Waals surface area contributed by atoms with Crippen LogP contribution in [0.1, 0.15) is 194 Å². The molecule has 0 saturated carbocycles. The van der Waals surface area contributed by atoms with E-state index in [2.05, 4.69) is 32.1 Å². The summed E-state index contributed by atoms with van der Waals surface area (Å²) in [4.78, 5) is 22.4. The Morgan fingerprint density at radius 2 is 1.06 bits per heavy atom. The van der Waals surface area contributed by atoms with Crippen LogP contribution in [0.3, 0.4) is 0 Å². The number of carbonyl (C=O) groups excluding carboxylic acids is 1. The van der Waals surface area contributed by atoms with Gasteiger partial charge in [-0.1, -0.05) is 179 Å². The van der Waals surface area contributed by atoms with Gasteiger partial charge in [0.05, 0.1) is 19.8 Å². The molecule has 0 aromatic heterocycles. The molecule has 0 aliphatic heterocycles. The van der Waals surface area contributed by atoms with E-state index < -0.39 is 19.9 Å². The van der Waals surface area contributed by atoms with Crippen LogP contribution in [-0.4, -0.2) is 49.9 Å². The third kappa shape index (κ3) is 38.2. The zero-order valence-corrected chi connectivity index (χ0v) is 33.5. The van der Waals surface area contributed by atoms with Gasteiger partial charge in [-0.25, -0.2) is 4.57 Å². The van der Waals surface area contributed by atoms with Gasteiger partial charge in [-0.3, -0.25) is 13.8 Å². The quantitative estimate of drug-likeness (QED) is 0.0277. The molecule has 50 heavy (non-hydrogen) atoms. The highest BCUT2D eigenvalue weighted by Crippen LogP contribution is 2.43. The fourth-order valence-electron chi connectivity index (χ4n) is 5.81. The predicted molar refractivity (Wildman–Crippen MR) is 210 cm³/mol. The maximum atomic E-state index is 12.5. The Hall–Kier alpha value is -1.02. The van der Waals surface area contributed by atoms with Crippen LogP contribution >= 0.6 is 7.82 Å². The van der Waals surface area contributed by atoms with Gasteiger partial charge >= 0.3 is 13.8 Å². The Labute approximate surface area is 308 Å². The monoisotopic (exact) mass is 730 g/mol.